The van der Waals surface area contributed by atoms with Crippen LogP contribution in [0, 0.1) is 5.92 Å². The molecule has 1 aromatic heterocycles. The smallest absolute Gasteiger partial charge is 0.366 e. The number of nitrogens with one attached hydrogen (secondary N) is 2. The fraction of sp³-hybridized carbons (Fsp3) is 0.385. The summed E-state index contributed by atoms with van der Waals surface area (Å²) in [5.74, 6) is -0.796. The molecule has 11 heteroatoms. The number of rotatable bonds is 3. The van der Waals surface area contributed by atoms with Gasteiger partial charge < -0.3 is 15.2 Å². The van der Waals surface area contributed by atoms with E-state index in [1.54, 1.807) is 0 Å². The van der Waals surface area contributed by atoms with Crippen molar-refractivity contribution in [3.8, 4) is 0 Å². The Hall–Kier alpha value is -3.50. The number of hydrogen-bond donors (Lipinski definition) is 2. The van der Waals surface area contributed by atoms with Gasteiger partial charge in [0.1, 0.15) is 5.56 Å². The number of benzene rings is 2. The van der Waals surface area contributed by atoms with Gasteiger partial charge >= 0.3 is 12.4 Å². The van der Waals surface area contributed by atoms with Crippen molar-refractivity contribution < 1.29 is 31.1 Å². The fourth-order valence-corrected chi connectivity index (χ4v) is 5.52. The van der Waals surface area contributed by atoms with E-state index in [4.69, 9.17) is 0 Å². The lowest BCUT2D eigenvalue weighted by Crippen LogP contribution is -2.55. The monoisotopic (exact) mass is 523 g/mol. The third kappa shape index (κ3) is 4.44. The summed E-state index contributed by atoms with van der Waals surface area (Å²) in [5.41, 5.74) is -4.65. The number of anilines is 2. The minimum absolute atomic E-state index is 0.0575. The molecule has 2 fully saturated rings. The Morgan fingerprint density at radius 1 is 0.973 bits per heavy atom. The van der Waals surface area contributed by atoms with Crippen LogP contribution in [0.25, 0.3) is 10.9 Å². The van der Waals surface area contributed by atoms with Crippen LogP contribution in [-0.2, 0) is 12.4 Å². The highest BCUT2D eigenvalue weighted by Crippen LogP contribution is 2.45. The number of aromatic nitrogens is 1. The van der Waals surface area contributed by atoms with Crippen LogP contribution in [0.15, 0.2) is 47.4 Å². The van der Waals surface area contributed by atoms with Gasteiger partial charge in [0, 0.05) is 29.5 Å². The largest absolute Gasteiger partial charge is 0.418 e. The van der Waals surface area contributed by atoms with Crippen molar-refractivity contribution in [2.24, 2.45) is 5.92 Å². The average Bonchev–Trinajstić information content (AvgIpc) is 2.80. The minimum Gasteiger partial charge on any atom is -0.366 e. The van der Waals surface area contributed by atoms with E-state index in [1.165, 1.54) is 12.1 Å². The second kappa shape index (κ2) is 8.81. The molecule has 3 aromatic rings. The lowest BCUT2D eigenvalue weighted by molar-refractivity contribution is -0.137. The van der Waals surface area contributed by atoms with E-state index in [1.807, 2.05) is 11.8 Å². The van der Waals surface area contributed by atoms with E-state index in [9.17, 15) is 35.9 Å². The van der Waals surface area contributed by atoms with Crippen molar-refractivity contribution in [1.29, 1.82) is 0 Å². The molecule has 0 bridgehead atoms. The zero-order valence-electron chi connectivity index (χ0n) is 19.6. The van der Waals surface area contributed by atoms with Crippen LogP contribution in [0.2, 0.25) is 0 Å². The summed E-state index contributed by atoms with van der Waals surface area (Å²) in [6.45, 7) is 1.97. The lowest BCUT2D eigenvalue weighted by Gasteiger charge is -2.53. The normalized spacial score (nSPS) is 21.9. The summed E-state index contributed by atoms with van der Waals surface area (Å²) in [6, 6.07) is 6.88. The van der Waals surface area contributed by atoms with Crippen molar-refractivity contribution in [3.05, 3.63) is 69.5 Å². The maximum Gasteiger partial charge on any atom is 0.418 e. The molecular weight excluding hydrogens is 500 g/mol. The lowest BCUT2D eigenvalue weighted by atomic mass is 9.71. The molecule has 2 aliphatic rings. The van der Waals surface area contributed by atoms with Crippen molar-refractivity contribution in [1.82, 2.24) is 4.98 Å². The zero-order valence-corrected chi connectivity index (χ0v) is 19.6. The number of hydrogen-bond acceptors (Lipinski definition) is 3. The quantitative estimate of drug-likeness (QED) is 0.381. The van der Waals surface area contributed by atoms with Gasteiger partial charge in [-0.1, -0.05) is 6.07 Å². The number of carbonyl (C=O) groups excluding carboxylic acids is 1. The molecule has 3 unspecified atom stereocenters. The molecular formula is C26H23F6N3O2. The first-order valence-corrected chi connectivity index (χ1v) is 11.9. The number of piperidine rings is 1. The van der Waals surface area contributed by atoms with Gasteiger partial charge in [0.05, 0.1) is 22.2 Å². The molecule has 196 valence electrons. The van der Waals surface area contributed by atoms with E-state index >= 15 is 0 Å². The van der Waals surface area contributed by atoms with Crippen LogP contribution < -0.4 is 15.6 Å². The van der Waals surface area contributed by atoms with Gasteiger partial charge in [0.2, 0.25) is 5.43 Å². The van der Waals surface area contributed by atoms with Gasteiger partial charge in [-0.05, 0) is 68.9 Å². The molecule has 1 aliphatic carbocycles. The fourth-order valence-electron chi connectivity index (χ4n) is 5.52. The maximum atomic E-state index is 14.0. The minimum atomic E-state index is -4.87. The van der Waals surface area contributed by atoms with Crippen molar-refractivity contribution in [2.75, 3.05) is 10.2 Å². The first kappa shape index (κ1) is 25.2. The molecule has 0 radical (unpaired) electrons. The van der Waals surface area contributed by atoms with Crippen LogP contribution in [-0.4, -0.2) is 23.0 Å². The molecule has 37 heavy (non-hydrogen) atoms. The number of halogens is 6. The first-order chi connectivity index (χ1) is 17.4. The van der Waals surface area contributed by atoms with Crippen molar-refractivity contribution >= 4 is 28.2 Å². The second-order valence-electron chi connectivity index (χ2n) is 9.68. The number of pyridine rings is 1. The summed E-state index contributed by atoms with van der Waals surface area (Å²) in [6.07, 6.45) is -4.94. The Balaban J connectivity index is 1.52. The Morgan fingerprint density at radius 3 is 2.32 bits per heavy atom. The molecule has 1 aliphatic heterocycles. The summed E-state index contributed by atoms with van der Waals surface area (Å²) in [4.78, 5) is 30.2. The topological polar surface area (TPSA) is 65.2 Å². The molecule has 5 nitrogen and oxygen atoms in total. The standard InChI is InChI=1S/C26H23F6N3O2/c1-13-5-6-14-7-10-21(14)35(13)15-8-9-19(18(11-15)26(30,31)32)34-24(37)16-12-33-20-4-2-3-17(25(27,28)29)22(20)23(16)36/h2-4,8-9,11-14,21H,5-7,10H2,1H3,(H,33,36)(H,34,37). The van der Waals surface area contributed by atoms with Gasteiger partial charge in [-0.3, -0.25) is 9.59 Å². The predicted molar refractivity (Wildman–Crippen MR) is 127 cm³/mol. The molecule has 2 aromatic carbocycles. The van der Waals surface area contributed by atoms with Gasteiger partial charge in [0.15, 0.2) is 0 Å². The van der Waals surface area contributed by atoms with Crippen molar-refractivity contribution in [2.45, 2.75) is 57.0 Å². The molecule has 2 N–H and O–H groups in total. The molecule has 5 rings (SSSR count). The summed E-state index contributed by atoms with van der Waals surface area (Å²) in [5, 5.41) is 1.33. The Kier molecular flexibility index (Phi) is 5.99. The SMILES string of the molecule is CC1CCC2CCC2N1c1ccc(NC(=O)c2c[nH]c3cccc(C(F)(F)F)c3c2=O)c(C(F)(F)F)c1. The number of H-pyrrole nitrogens is 1. The highest BCUT2D eigenvalue weighted by Gasteiger charge is 2.42. The number of alkyl halides is 6. The summed E-state index contributed by atoms with van der Waals surface area (Å²) < 4.78 is 82.5. The number of carbonyl (C=O) groups is 1. The van der Waals surface area contributed by atoms with Gasteiger partial charge in [-0.2, -0.15) is 26.3 Å². The predicted octanol–water partition coefficient (Wildman–Crippen LogP) is 6.59. The van der Waals surface area contributed by atoms with E-state index in [2.05, 4.69) is 10.3 Å². The first-order valence-electron chi connectivity index (χ1n) is 11.9. The van der Waals surface area contributed by atoms with Crippen LogP contribution >= 0.6 is 0 Å². The van der Waals surface area contributed by atoms with Crippen LogP contribution in [0.1, 0.15) is 54.1 Å². The Bertz CT molecular complexity index is 1430. The number of nitrogens with zero attached hydrogens (tertiary/aromatic N) is 1. The van der Waals surface area contributed by atoms with Crippen LogP contribution in [0.5, 0.6) is 0 Å². The van der Waals surface area contributed by atoms with Gasteiger partial charge in [-0.25, -0.2) is 0 Å². The van der Waals surface area contributed by atoms with Gasteiger partial charge in [0.25, 0.3) is 5.91 Å². The summed E-state index contributed by atoms with van der Waals surface area (Å²) in [7, 11) is 0. The average molecular weight is 523 g/mol. The molecule has 3 atom stereocenters. The van der Waals surface area contributed by atoms with Gasteiger partial charge in [-0.15, -0.1) is 0 Å². The molecule has 1 amide bonds. The highest BCUT2D eigenvalue weighted by molar-refractivity contribution is 6.06. The van der Waals surface area contributed by atoms with Crippen molar-refractivity contribution in [3.63, 3.8) is 0 Å². The molecule has 1 saturated carbocycles. The third-order valence-corrected chi connectivity index (χ3v) is 7.48. The van der Waals surface area contributed by atoms with E-state index in [-0.39, 0.29) is 17.6 Å². The second-order valence-corrected chi connectivity index (χ2v) is 9.68. The maximum absolute atomic E-state index is 14.0. The van der Waals surface area contributed by atoms with Crippen LogP contribution in [0.3, 0.4) is 0 Å². The zero-order chi connectivity index (χ0) is 26.7. The van der Waals surface area contributed by atoms with E-state index in [0.717, 1.165) is 50.1 Å². The van der Waals surface area contributed by atoms with Crippen LogP contribution in [0.4, 0.5) is 37.7 Å². The number of aromatic amines is 1. The molecule has 1 saturated heterocycles. The number of amides is 1. The Morgan fingerprint density at radius 2 is 1.68 bits per heavy atom. The Labute approximate surface area is 207 Å². The van der Waals surface area contributed by atoms with E-state index in [0.29, 0.717) is 17.7 Å². The van der Waals surface area contributed by atoms with E-state index < -0.39 is 51.5 Å². The number of fused-ring (bicyclic) bond motifs is 2. The summed E-state index contributed by atoms with van der Waals surface area (Å²) >= 11 is 0. The highest BCUT2D eigenvalue weighted by atomic mass is 19.4. The molecule has 2 heterocycles. The molecule has 0 spiro atoms. The third-order valence-electron chi connectivity index (χ3n) is 7.48.